The Hall–Kier alpha value is -1.74. The van der Waals surface area contributed by atoms with Gasteiger partial charge in [-0.15, -0.1) is 0 Å². The summed E-state index contributed by atoms with van der Waals surface area (Å²) in [4.78, 5) is 0. The predicted octanol–water partition coefficient (Wildman–Crippen LogP) is 5.43. The fourth-order valence-electron chi connectivity index (χ4n) is 2.59. The number of aryl methyl sites for hydroxylation is 1. The average Bonchev–Trinajstić information content (AvgIpc) is 2.93. The zero-order valence-corrected chi connectivity index (χ0v) is 13.7. The smallest absolute Gasteiger partial charge is 0.0553 e. The van der Waals surface area contributed by atoms with Crippen molar-refractivity contribution >= 4 is 32.4 Å². The van der Waals surface area contributed by atoms with Crippen molar-refractivity contribution in [3.63, 3.8) is 0 Å². The molecule has 0 amide bonds. The van der Waals surface area contributed by atoms with Crippen LogP contribution in [-0.4, -0.2) is 4.57 Å². The fraction of sp³-hybridized carbons (Fsp3) is 0.222. The second-order valence-electron chi connectivity index (χ2n) is 5.25. The second kappa shape index (κ2) is 6.35. The van der Waals surface area contributed by atoms with Gasteiger partial charge in [0.1, 0.15) is 0 Å². The van der Waals surface area contributed by atoms with Crippen molar-refractivity contribution in [2.45, 2.75) is 26.4 Å². The highest BCUT2D eigenvalue weighted by Crippen LogP contribution is 2.23. The van der Waals surface area contributed by atoms with Crippen LogP contribution in [0.25, 0.3) is 10.8 Å². The number of benzene rings is 2. The van der Waals surface area contributed by atoms with Gasteiger partial charge in [0.25, 0.3) is 0 Å². The standard InChI is InChI=1S/C18H19BrN2/c1-2-9-21-10-3-4-18(21)13-20-17-8-6-14-11-16(19)7-5-15(14)12-17/h3-8,10-12,20H,2,9,13H2,1H3. The highest BCUT2D eigenvalue weighted by Gasteiger charge is 2.01. The molecule has 0 atom stereocenters. The Bertz CT molecular complexity index is 746. The van der Waals surface area contributed by atoms with Gasteiger partial charge in [-0.05, 0) is 53.6 Å². The van der Waals surface area contributed by atoms with E-state index in [2.05, 4.69) is 87.5 Å². The molecule has 0 aliphatic carbocycles. The van der Waals surface area contributed by atoms with Crippen molar-refractivity contribution in [2.75, 3.05) is 5.32 Å². The maximum absolute atomic E-state index is 3.52. The predicted molar refractivity (Wildman–Crippen MR) is 93.7 cm³/mol. The van der Waals surface area contributed by atoms with Gasteiger partial charge in [-0.25, -0.2) is 0 Å². The molecular formula is C18H19BrN2. The molecule has 0 saturated heterocycles. The molecule has 0 spiro atoms. The lowest BCUT2D eigenvalue weighted by Gasteiger charge is -2.11. The van der Waals surface area contributed by atoms with E-state index in [1.807, 2.05) is 0 Å². The zero-order valence-electron chi connectivity index (χ0n) is 12.1. The molecular weight excluding hydrogens is 324 g/mol. The number of nitrogens with one attached hydrogen (secondary N) is 1. The third kappa shape index (κ3) is 3.30. The van der Waals surface area contributed by atoms with Gasteiger partial charge in [0, 0.05) is 28.6 Å². The molecule has 2 nitrogen and oxygen atoms in total. The quantitative estimate of drug-likeness (QED) is 0.654. The van der Waals surface area contributed by atoms with Crippen LogP contribution in [0, 0.1) is 0 Å². The average molecular weight is 343 g/mol. The number of hydrogen-bond donors (Lipinski definition) is 1. The molecule has 2 aromatic carbocycles. The minimum absolute atomic E-state index is 0.856. The molecule has 0 aliphatic rings. The van der Waals surface area contributed by atoms with Gasteiger partial charge in [-0.2, -0.15) is 0 Å². The Morgan fingerprint density at radius 2 is 1.86 bits per heavy atom. The summed E-state index contributed by atoms with van der Waals surface area (Å²) in [7, 11) is 0. The monoisotopic (exact) mass is 342 g/mol. The van der Waals surface area contributed by atoms with Gasteiger partial charge in [0.15, 0.2) is 0 Å². The van der Waals surface area contributed by atoms with E-state index in [0.29, 0.717) is 0 Å². The topological polar surface area (TPSA) is 17.0 Å². The summed E-state index contributed by atoms with van der Waals surface area (Å²) in [6.45, 7) is 4.14. The van der Waals surface area contributed by atoms with Crippen LogP contribution in [-0.2, 0) is 13.1 Å². The summed E-state index contributed by atoms with van der Waals surface area (Å²) in [6.07, 6.45) is 3.31. The van der Waals surface area contributed by atoms with E-state index in [4.69, 9.17) is 0 Å². The Morgan fingerprint density at radius 3 is 2.71 bits per heavy atom. The Labute approximate surface area is 133 Å². The van der Waals surface area contributed by atoms with E-state index in [1.165, 1.54) is 16.5 Å². The number of anilines is 1. The summed E-state index contributed by atoms with van der Waals surface area (Å²) in [5.74, 6) is 0. The molecule has 0 unspecified atom stereocenters. The minimum atomic E-state index is 0.856. The van der Waals surface area contributed by atoms with Gasteiger partial charge in [-0.3, -0.25) is 0 Å². The van der Waals surface area contributed by atoms with Crippen molar-refractivity contribution < 1.29 is 0 Å². The summed E-state index contributed by atoms with van der Waals surface area (Å²) in [5.41, 5.74) is 2.49. The number of nitrogens with zero attached hydrogens (tertiary/aromatic N) is 1. The number of fused-ring (bicyclic) bond motifs is 1. The summed E-state index contributed by atoms with van der Waals surface area (Å²) >= 11 is 3.51. The van der Waals surface area contributed by atoms with Crippen LogP contribution < -0.4 is 5.32 Å². The molecule has 3 aromatic rings. The van der Waals surface area contributed by atoms with E-state index < -0.39 is 0 Å². The summed E-state index contributed by atoms with van der Waals surface area (Å²) < 4.78 is 3.43. The lowest BCUT2D eigenvalue weighted by Crippen LogP contribution is -2.06. The van der Waals surface area contributed by atoms with E-state index >= 15 is 0 Å². The normalized spacial score (nSPS) is 11.0. The highest BCUT2D eigenvalue weighted by molar-refractivity contribution is 9.10. The van der Waals surface area contributed by atoms with Crippen molar-refractivity contribution in [3.05, 3.63) is 64.9 Å². The van der Waals surface area contributed by atoms with Crippen molar-refractivity contribution in [2.24, 2.45) is 0 Å². The molecule has 3 heteroatoms. The third-order valence-corrected chi connectivity index (χ3v) is 4.16. The molecule has 1 heterocycles. The van der Waals surface area contributed by atoms with Gasteiger partial charge in [-0.1, -0.05) is 35.0 Å². The van der Waals surface area contributed by atoms with E-state index in [9.17, 15) is 0 Å². The fourth-order valence-corrected chi connectivity index (χ4v) is 2.97. The van der Waals surface area contributed by atoms with Crippen LogP contribution in [0.15, 0.2) is 59.2 Å². The van der Waals surface area contributed by atoms with Crippen LogP contribution in [0.2, 0.25) is 0 Å². The highest BCUT2D eigenvalue weighted by atomic mass is 79.9. The lowest BCUT2D eigenvalue weighted by molar-refractivity contribution is 0.654. The van der Waals surface area contributed by atoms with Gasteiger partial charge < -0.3 is 9.88 Å². The first kappa shape index (κ1) is 14.2. The Kier molecular flexibility index (Phi) is 4.30. The van der Waals surface area contributed by atoms with Crippen molar-refractivity contribution in [3.8, 4) is 0 Å². The number of aromatic nitrogens is 1. The molecule has 1 N–H and O–H groups in total. The third-order valence-electron chi connectivity index (χ3n) is 3.66. The second-order valence-corrected chi connectivity index (χ2v) is 6.17. The number of hydrogen-bond acceptors (Lipinski definition) is 1. The molecule has 0 aliphatic heterocycles. The lowest BCUT2D eigenvalue weighted by atomic mass is 10.1. The Balaban J connectivity index is 1.75. The zero-order chi connectivity index (χ0) is 14.7. The first-order valence-corrected chi connectivity index (χ1v) is 8.13. The molecule has 0 radical (unpaired) electrons. The first-order chi connectivity index (χ1) is 10.3. The molecule has 21 heavy (non-hydrogen) atoms. The van der Waals surface area contributed by atoms with E-state index in [0.717, 1.165) is 29.7 Å². The molecule has 0 bridgehead atoms. The first-order valence-electron chi connectivity index (χ1n) is 7.33. The van der Waals surface area contributed by atoms with Gasteiger partial charge >= 0.3 is 0 Å². The van der Waals surface area contributed by atoms with E-state index in [1.54, 1.807) is 0 Å². The minimum Gasteiger partial charge on any atom is -0.379 e. The number of rotatable bonds is 5. The van der Waals surface area contributed by atoms with Crippen LogP contribution >= 0.6 is 15.9 Å². The maximum Gasteiger partial charge on any atom is 0.0553 e. The molecule has 3 rings (SSSR count). The maximum atomic E-state index is 3.52. The van der Waals surface area contributed by atoms with Crippen LogP contribution in [0.3, 0.4) is 0 Å². The van der Waals surface area contributed by atoms with Gasteiger partial charge in [0.05, 0.1) is 6.54 Å². The molecule has 0 saturated carbocycles. The number of halogens is 1. The Morgan fingerprint density at radius 1 is 1.05 bits per heavy atom. The summed E-state index contributed by atoms with van der Waals surface area (Å²) in [6, 6.07) is 17.2. The largest absolute Gasteiger partial charge is 0.379 e. The molecule has 108 valence electrons. The van der Waals surface area contributed by atoms with Crippen LogP contribution in [0.4, 0.5) is 5.69 Å². The van der Waals surface area contributed by atoms with Crippen molar-refractivity contribution in [1.29, 1.82) is 0 Å². The SMILES string of the molecule is CCCn1cccc1CNc1ccc2cc(Br)ccc2c1. The van der Waals surface area contributed by atoms with Crippen molar-refractivity contribution in [1.82, 2.24) is 4.57 Å². The summed E-state index contributed by atoms with van der Waals surface area (Å²) in [5, 5.41) is 6.03. The van der Waals surface area contributed by atoms with Crippen LogP contribution in [0.5, 0.6) is 0 Å². The molecule has 1 aromatic heterocycles. The van der Waals surface area contributed by atoms with E-state index in [-0.39, 0.29) is 0 Å². The molecule has 0 fully saturated rings. The van der Waals surface area contributed by atoms with Gasteiger partial charge in [0.2, 0.25) is 0 Å². The van der Waals surface area contributed by atoms with Crippen LogP contribution in [0.1, 0.15) is 19.0 Å².